The Morgan fingerprint density at radius 2 is 1.12 bits per heavy atom. The van der Waals surface area contributed by atoms with Crippen LogP contribution in [0.2, 0.25) is 0 Å². The molecule has 0 bridgehead atoms. The van der Waals surface area contributed by atoms with Gasteiger partial charge in [0.1, 0.15) is 0 Å². The summed E-state index contributed by atoms with van der Waals surface area (Å²) in [4.78, 5) is 0. The molecule has 0 N–H and O–H groups in total. The van der Waals surface area contributed by atoms with E-state index >= 15 is 0 Å². The molecule has 0 aromatic carbocycles. The summed E-state index contributed by atoms with van der Waals surface area (Å²) in [6, 6.07) is 0. The molecule has 0 amide bonds. The predicted molar refractivity (Wildman–Crippen MR) is 79.7 cm³/mol. The zero-order chi connectivity index (χ0) is 11.8. The highest BCUT2D eigenvalue weighted by Gasteiger charge is 2.15. The molecule has 100 valence electrons. The first-order valence-corrected chi connectivity index (χ1v) is 9.49. The summed E-state index contributed by atoms with van der Waals surface area (Å²) in [6.07, 6.45) is 11.7. The third-order valence-corrected chi connectivity index (χ3v) is 6.07. The molecule has 0 atom stereocenters. The van der Waals surface area contributed by atoms with Gasteiger partial charge in [-0.05, 0) is 49.0 Å². The maximum absolute atomic E-state index is 5.68. The van der Waals surface area contributed by atoms with Crippen LogP contribution < -0.4 is 0 Å². The Labute approximate surface area is 115 Å². The normalized spacial score (nSPS) is 22.6. The standard InChI is InChI=1S/C14H26OS2/c1-2-6-13(5-1)9-16-11-15-12-17-10-14-7-3-4-8-14/h13-14H,1-12H2. The second kappa shape index (κ2) is 8.71. The lowest BCUT2D eigenvalue weighted by Crippen LogP contribution is -2.01. The van der Waals surface area contributed by atoms with E-state index < -0.39 is 0 Å². The van der Waals surface area contributed by atoms with Crippen LogP contribution in [-0.2, 0) is 4.74 Å². The first-order valence-electron chi connectivity index (χ1n) is 7.18. The number of rotatable bonds is 8. The molecule has 2 saturated carbocycles. The molecule has 0 spiro atoms. The molecular formula is C14H26OS2. The van der Waals surface area contributed by atoms with Gasteiger partial charge in [-0.1, -0.05) is 25.7 Å². The van der Waals surface area contributed by atoms with Crippen molar-refractivity contribution in [3.05, 3.63) is 0 Å². The van der Waals surface area contributed by atoms with Gasteiger partial charge in [-0.15, -0.1) is 23.5 Å². The minimum absolute atomic E-state index is 0.911. The average molecular weight is 274 g/mol. The van der Waals surface area contributed by atoms with Crippen molar-refractivity contribution in [3.8, 4) is 0 Å². The maximum atomic E-state index is 5.68. The summed E-state index contributed by atoms with van der Waals surface area (Å²) < 4.78 is 5.68. The number of hydrogen-bond acceptors (Lipinski definition) is 3. The van der Waals surface area contributed by atoms with Gasteiger partial charge in [0.2, 0.25) is 0 Å². The smallest absolute Gasteiger partial charge is 0.0932 e. The van der Waals surface area contributed by atoms with E-state index in [1.54, 1.807) is 0 Å². The Bertz CT molecular complexity index is 167. The molecule has 2 rings (SSSR count). The van der Waals surface area contributed by atoms with E-state index in [4.69, 9.17) is 4.74 Å². The Balaban J connectivity index is 1.33. The monoisotopic (exact) mass is 274 g/mol. The second-order valence-corrected chi connectivity index (χ2v) is 7.44. The Kier molecular flexibility index (Phi) is 7.21. The fraction of sp³-hybridized carbons (Fsp3) is 1.00. The Hall–Kier alpha value is 0.660. The van der Waals surface area contributed by atoms with E-state index in [9.17, 15) is 0 Å². The highest BCUT2D eigenvalue weighted by atomic mass is 32.2. The average Bonchev–Trinajstić information content (AvgIpc) is 3.00. The third kappa shape index (κ3) is 5.89. The lowest BCUT2D eigenvalue weighted by Gasteiger charge is -2.10. The van der Waals surface area contributed by atoms with E-state index in [2.05, 4.69) is 0 Å². The summed E-state index contributed by atoms with van der Waals surface area (Å²) >= 11 is 4.00. The summed E-state index contributed by atoms with van der Waals surface area (Å²) in [5.74, 6) is 6.47. The van der Waals surface area contributed by atoms with Crippen LogP contribution in [0.3, 0.4) is 0 Å². The molecule has 2 fully saturated rings. The fourth-order valence-electron chi connectivity index (χ4n) is 2.94. The molecule has 0 radical (unpaired) electrons. The van der Waals surface area contributed by atoms with E-state index in [0.717, 1.165) is 23.7 Å². The van der Waals surface area contributed by atoms with E-state index in [1.807, 2.05) is 23.5 Å². The molecular weight excluding hydrogens is 248 g/mol. The predicted octanol–water partition coefficient (Wildman–Crippen LogP) is 4.76. The van der Waals surface area contributed by atoms with Crippen LogP contribution in [0.1, 0.15) is 51.4 Å². The van der Waals surface area contributed by atoms with Gasteiger partial charge < -0.3 is 4.74 Å². The van der Waals surface area contributed by atoms with Crippen molar-refractivity contribution < 1.29 is 4.74 Å². The minimum Gasteiger partial charge on any atom is -0.360 e. The van der Waals surface area contributed by atoms with Crippen LogP contribution in [0.5, 0.6) is 0 Å². The van der Waals surface area contributed by atoms with Gasteiger partial charge in [0.05, 0.1) is 11.9 Å². The second-order valence-electron chi connectivity index (χ2n) is 5.48. The van der Waals surface area contributed by atoms with Crippen molar-refractivity contribution in [1.82, 2.24) is 0 Å². The van der Waals surface area contributed by atoms with Gasteiger partial charge in [0, 0.05) is 0 Å². The largest absolute Gasteiger partial charge is 0.360 e. The maximum Gasteiger partial charge on any atom is 0.0932 e. The van der Waals surface area contributed by atoms with E-state index in [0.29, 0.717) is 0 Å². The highest BCUT2D eigenvalue weighted by Crippen LogP contribution is 2.29. The van der Waals surface area contributed by atoms with Crippen LogP contribution in [0, 0.1) is 11.8 Å². The summed E-state index contributed by atoms with van der Waals surface area (Å²) in [6.45, 7) is 0. The van der Waals surface area contributed by atoms with Crippen LogP contribution >= 0.6 is 23.5 Å². The topological polar surface area (TPSA) is 9.23 Å². The summed E-state index contributed by atoms with van der Waals surface area (Å²) in [7, 11) is 0. The van der Waals surface area contributed by atoms with E-state index in [1.165, 1.54) is 62.9 Å². The molecule has 2 aliphatic carbocycles. The molecule has 3 heteroatoms. The van der Waals surface area contributed by atoms with Crippen molar-refractivity contribution in [3.63, 3.8) is 0 Å². The molecule has 2 aliphatic rings. The number of ether oxygens (including phenoxy) is 1. The molecule has 0 aromatic rings. The number of thioether (sulfide) groups is 2. The van der Waals surface area contributed by atoms with Crippen LogP contribution in [0.15, 0.2) is 0 Å². The van der Waals surface area contributed by atoms with Crippen LogP contribution in [-0.4, -0.2) is 23.4 Å². The van der Waals surface area contributed by atoms with E-state index in [-0.39, 0.29) is 0 Å². The van der Waals surface area contributed by atoms with Gasteiger partial charge in [0.25, 0.3) is 0 Å². The SMILES string of the molecule is C1CCC(CSCOCSCC2CCCC2)C1. The van der Waals surface area contributed by atoms with Crippen molar-refractivity contribution >= 4 is 23.5 Å². The summed E-state index contributed by atoms with van der Waals surface area (Å²) in [5, 5.41) is 0. The molecule has 17 heavy (non-hydrogen) atoms. The first kappa shape index (κ1) is 14.1. The first-order chi connectivity index (χ1) is 8.45. The zero-order valence-corrected chi connectivity index (χ0v) is 12.5. The Morgan fingerprint density at radius 1 is 0.706 bits per heavy atom. The van der Waals surface area contributed by atoms with Gasteiger partial charge in [-0.2, -0.15) is 0 Å². The fourth-order valence-corrected chi connectivity index (χ4v) is 4.97. The third-order valence-electron chi connectivity index (χ3n) is 3.99. The lowest BCUT2D eigenvalue weighted by atomic mass is 10.1. The minimum atomic E-state index is 0.911. The van der Waals surface area contributed by atoms with Gasteiger partial charge in [0.15, 0.2) is 0 Å². The number of hydrogen-bond donors (Lipinski definition) is 0. The molecule has 0 saturated heterocycles. The molecule has 1 nitrogen and oxygen atoms in total. The van der Waals surface area contributed by atoms with Crippen molar-refractivity contribution in [1.29, 1.82) is 0 Å². The van der Waals surface area contributed by atoms with Crippen molar-refractivity contribution in [2.45, 2.75) is 51.4 Å². The zero-order valence-electron chi connectivity index (χ0n) is 10.9. The Morgan fingerprint density at radius 3 is 1.53 bits per heavy atom. The quantitative estimate of drug-likeness (QED) is 0.466. The lowest BCUT2D eigenvalue weighted by molar-refractivity contribution is 0.240. The van der Waals surface area contributed by atoms with Crippen LogP contribution in [0.4, 0.5) is 0 Å². The van der Waals surface area contributed by atoms with Gasteiger partial charge in [-0.3, -0.25) is 0 Å². The molecule has 0 aliphatic heterocycles. The van der Waals surface area contributed by atoms with Crippen LogP contribution in [0.25, 0.3) is 0 Å². The van der Waals surface area contributed by atoms with Crippen molar-refractivity contribution in [2.24, 2.45) is 11.8 Å². The van der Waals surface area contributed by atoms with Gasteiger partial charge >= 0.3 is 0 Å². The molecule has 0 aromatic heterocycles. The summed E-state index contributed by atoms with van der Waals surface area (Å²) in [5.41, 5.74) is 0. The molecule has 0 heterocycles. The highest BCUT2D eigenvalue weighted by molar-refractivity contribution is 7.99. The van der Waals surface area contributed by atoms with Crippen molar-refractivity contribution in [2.75, 3.05) is 23.4 Å². The molecule has 0 unspecified atom stereocenters. The van der Waals surface area contributed by atoms with Gasteiger partial charge in [-0.25, -0.2) is 0 Å².